The fourth-order valence-corrected chi connectivity index (χ4v) is 3.16. The second-order valence-corrected chi connectivity index (χ2v) is 5.38. The highest BCUT2D eigenvalue weighted by atomic mass is 16.2. The van der Waals surface area contributed by atoms with Gasteiger partial charge in [-0.2, -0.15) is 5.10 Å². The van der Waals surface area contributed by atoms with Gasteiger partial charge in [-0.05, 0) is 19.3 Å². The molecule has 7 nitrogen and oxygen atoms in total. The van der Waals surface area contributed by atoms with Gasteiger partial charge in [0.2, 0.25) is 5.91 Å². The van der Waals surface area contributed by atoms with Crippen LogP contribution in [0, 0.1) is 5.92 Å². The predicted octanol–water partition coefficient (Wildman–Crippen LogP) is -0.0951. The number of aromatic amines is 1. The number of H-pyrrole nitrogens is 1. The van der Waals surface area contributed by atoms with E-state index >= 15 is 0 Å². The van der Waals surface area contributed by atoms with Crippen molar-refractivity contribution < 1.29 is 9.59 Å². The number of aromatic nitrogens is 2. The second-order valence-electron chi connectivity index (χ2n) is 5.38. The number of nitrogen functional groups attached to an aromatic ring is 1. The van der Waals surface area contributed by atoms with Crippen LogP contribution in [-0.2, 0) is 11.2 Å². The van der Waals surface area contributed by atoms with Crippen molar-refractivity contribution >= 4 is 17.5 Å². The molecule has 2 fully saturated rings. The van der Waals surface area contributed by atoms with Gasteiger partial charge in [0.25, 0.3) is 5.91 Å². The molecular formula is C13H19N5O2. The molecule has 0 aromatic carbocycles. The largest absolute Gasteiger partial charge is 0.395 e. The fraction of sp³-hybridized carbons (Fsp3) is 0.615. The minimum absolute atomic E-state index is 0.0525. The number of anilines is 1. The minimum atomic E-state index is -0.176. The summed E-state index contributed by atoms with van der Waals surface area (Å²) in [6.45, 7) is 3.14. The van der Waals surface area contributed by atoms with Crippen molar-refractivity contribution in [3.05, 3.63) is 11.4 Å². The average molecular weight is 277 g/mol. The third-order valence-corrected chi connectivity index (χ3v) is 4.30. The zero-order valence-corrected chi connectivity index (χ0v) is 11.5. The molecule has 1 aromatic heterocycles. The van der Waals surface area contributed by atoms with Crippen LogP contribution in [-0.4, -0.2) is 46.0 Å². The summed E-state index contributed by atoms with van der Waals surface area (Å²) in [6.07, 6.45) is 2.39. The summed E-state index contributed by atoms with van der Waals surface area (Å²) in [4.78, 5) is 26.1. The zero-order valence-electron chi connectivity index (χ0n) is 11.5. The number of carbonyl (C=O) groups is 2. The van der Waals surface area contributed by atoms with E-state index in [0.29, 0.717) is 25.2 Å². The molecule has 7 heteroatoms. The molecule has 2 unspecified atom stereocenters. The minimum Gasteiger partial charge on any atom is -0.395 e. The topological polar surface area (TPSA) is 104 Å². The van der Waals surface area contributed by atoms with Crippen LogP contribution in [0.5, 0.6) is 0 Å². The maximum Gasteiger partial charge on any atom is 0.276 e. The molecular weight excluding hydrogens is 258 g/mol. The fourth-order valence-electron chi connectivity index (χ4n) is 3.16. The zero-order chi connectivity index (χ0) is 14.3. The van der Waals surface area contributed by atoms with E-state index in [-0.39, 0.29) is 29.5 Å². The molecule has 0 spiro atoms. The van der Waals surface area contributed by atoms with Gasteiger partial charge in [-0.3, -0.25) is 14.7 Å². The Hall–Kier alpha value is -2.05. The van der Waals surface area contributed by atoms with Crippen LogP contribution in [0.3, 0.4) is 0 Å². The number of hydrogen-bond acceptors (Lipinski definition) is 4. The van der Waals surface area contributed by atoms with Gasteiger partial charge in [0.05, 0.1) is 23.3 Å². The molecule has 1 aromatic rings. The Morgan fingerprint density at radius 1 is 1.55 bits per heavy atom. The van der Waals surface area contributed by atoms with Crippen molar-refractivity contribution in [3.8, 4) is 0 Å². The van der Waals surface area contributed by atoms with Gasteiger partial charge in [0, 0.05) is 13.1 Å². The van der Waals surface area contributed by atoms with Crippen LogP contribution in [0.4, 0.5) is 5.69 Å². The molecule has 2 aliphatic rings. The molecule has 0 bridgehead atoms. The summed E-state index contributed by atoms with van der Waals surface area (Å²) >= 11 is 0. The Morgan fingerprint density at radius 3 is 3.05 bits per heavy atom. The molecule has 2 saturated heterocycles. The van der Waals surface area contributed by atoms with Crippen molar-refractivity contribution in [1.82, 2.24) is 20.4 Å². The Bertz CT molecular complexity index is 553. The van der Waals surface area contributed by atoms with Crippen LogP contribution in [0.25, 0.3) is 0 Å². The number of nitrogens with zero attached hydrogens (tertiary/aromatic N) is 2. The van der Waals surface area contributed by atoms with Gasteiger partial charge < -0.3 is 16.0 Å². The molecule has 2 amide bonds. The van der Waals surface area contributed by atoms with Crippen molar-refractivity contribution in [2.75, 3.05) is 18.8 Å². The van der Waals surface area contributed by atoms with Gasteiger partial charge >= 0.3 is 0 Å². The molecule has 0 saturated carbocycles. The monoisotopic (exact) mass is 277 g/mol. The Morgan fingerprint density at radius 2 is 2.35 bits per heavy atom. The lowest BCUT2D eigenvalue weighted by Crippen LogP contribution is -2.49. The van der Waals surface area contributed by atoms with Gasteiger partial charge in [-0.25, -0.2) is 0 Å². The van der Waals surface area contributed by atoms with Crippen molar-refractivity contribution in [2.24, 2.45) is 5.92 Å². The number of likely N-dealkylation sites (tertiary alicyclic amines) is 1. The van der Waals surface area contributed by atoms with Crippen molar-refractivity contribution in [2.45, 2.75) is 32.2 Å². The van der Waals surface area contributed by atoms with E-state index in [0.717, 1.165) is 18.5 Å². The first-order valence-corrected chi connectivity index (χ1v) is 7.04. The number of carbonyl (C=O) groups excluding carboxylic acids is 2. The second kappa shape index (κ2) is 4.81. The van der Waals surface area contributed by atoms with Gasteiger partial charge in [0.15, 0.2) is 5.69 Å². The number of piperidine rings is 1. The highest BCUT2D eigenvalue weighted by Crippen LogP contribution is 2.29. The number of amides is 2. The number of nitrogens with two attached hydrogens (primary N) is 1. The molecule has 0 radical (unpaired) electrons. The third-order valence-electron chi connectivity index (χ3n) is 4.30. The van der Waals surface area contributed by atoms with E-state index in [2.05, 4.69) is 15.5 Å². The molecule has 3 rings (SSSR count). The highest BCUT2D eigenvalue weighted by Gasteiger charge is 2.43. The summed E-state index contributed by atoms with van der Waals surface area (Å²) in [6, 6.07) is -0.0649. The maximum absolute atomic E-state index is 12.6. The summed E-state index contributed by atoms with van der Waals surface area (Å²) in [5.74, 6) is -0.208. The highest BCUT2D eigenvalue weighted by molar-refractivity contribution is 5.98. The smallest absolute Gasteiger partial charge is 0.276 e. The van der Waals surface area contributed by atoms with E-state index in [1.807, 2.05) is 6.92 Å². The maximum atomic E-state index is 12.6. The van der Waals surface area contributed by atoms with E-state index in [4.69, 9.17) is 5.73 Å². The summed E-state index contributed by atoms with van der Waals surface area (Å²) < 4.78 is 0. The van der Waals surface area contributed by atoms with Gasteiger partial charge in [-0.15, -0.1) is 0 Å². The van der Waals surface area contributed by atoms with Crippen LogP contribution in [0.15, 0.2) is 0 Å². The Kier molecular flexibility index (Phi) is 3.11. The standard InChI is InChI=1S/C13H19N5O2/c1-2-8-10(14)11(17-16-8)13(20)18-5-3-4-7-9(18)6-15-12(7)19/h7,9H,2-6,14H2,1H3,(H,15,19)(H,16,17). The quantitative estimate of drug-likeness (QED) is 0.702. The van der Waals surface area contributed by atoms with E-state index in [1.54, 1.807) is 4.90 Å². The van der Waals surface area contributed by atoms with Crippen LogP contribution in [0.2, 0.25) is 0 Å². The first-order valence-electron chi connectivity index (χ1n) is 7.04. The van der Waals surface area contributed by atoms with Crippen LogP contribution >= 0.6 is 0 Å². The molecule has 2 aliphatic heterocycles. The lowest BCUT2D eigenvalue weighted by molar-refractivity contribution is -0.123. The molecule has 108 valence electrons. The number of nitrogens with one attached hydrogen (secondary N) is 2. The Labute approximate surface area is 116 Å². The number of rotatable bonds is 2. The molecule has 0 aliphatic carbocycles. The average Bonchev–Trinajstić information content (AvgIpc) is 3.02. The molecule has 20 heavy (non-hydrogen) atoms. The first-order chi connectivity index (χ1) is 9.63. The van der Waals surface area contributed by atoms with Crippen molar-refractivity contribution in [1.29, 1.82) is 0 Å². The van der Waals surface area contributed by atoms with Crippen LogP contribution in [0.1, 0.15) is 35.9 Å². The number of hydrogen-bond donors (Lipinski definition) is 3. The third kappa shape index (κ3) is 1.85. The predicted molar refractivity (Wildman–Crippen MR) is 72.9 cm³/mol. The molecule has 2 atom stereocenters. The normalized spacial score (nSPS) is 25.4. The van der Waals surface area contributed by atoms with Crippen molar-refractivity contribution in [3.63, 3.8) is 0 Å². The lowest BCUT2D eigenvalue weighted by atomic mass is 9.91. The van der Waals surface area contributed by atoms with E-state index in [1.165, 1.54) is 0 Å². The van der Waals surface area contributed by atoms with Gasteiger partial charge in [0.1, 0.15) is 0 Å². The van der Waals surface area contributed by atoms with E-state index in [9.17, 15) is 9.59 Å². The lowest BCUT2D eigenvalue weighted by Gasteiger charge is -2.35. The SMILES string of the molecule is CCc1[nH]nc(C(=O)N2CCCC3C(=O)NCC32)c1N. The Balaban J connectivity index is 1.86. The van der Waals surface area contributed by atoms with Crippen LogP contribution < -0.4 is 11.1 Å². The number of aryl methyl sites for hydroxylation is 1. The first kappa shape index (κ1) is 13.0. The van der Waals surface area contributed by atoms with Gasteiger partial charge in [-0.1, -0.05) is 6.92 Å². The number of fused-ring (bicyclic) bond motifs is 1. The van der Waals surface area contributed by atoms with E-state index < -0.39 is 0 Å². The molecule has 3 heterocycles. The molecule has 4 N–H and O–H groups in total. The summed E-state index contributed by atoms with van der Waals surface area (Å²) in [5, 5.41) is 9.69. The summed E-state index contributed by atoms with van der Waals surface area (Å²) in [5.41, 5.74) is 7.45. The summed E-state index contributed by atoms with van der Waals surface area (Å²) in [7, 11) is 0.